The Bertz CT molecular complexity index is 1440. The van der Waals surface area contributed by atoms with Crippen LogP contribution in [0.25, 0.3) is 11.8 Å². The van der Waals surface area contributed by atoms with Crippen molar-refractivity contribution in [3.63, 3.8) is 0 Å². The lowest BCUT2D eigenvalue weighted by atomic mass is 10.1. The van der Waals surface area contributed by atoms with Gasteiger partial charge in [0, 0.05) is 11.3 Å². The van der Waals surface area contributed by atoms with Gasteiger partial charge in [0.2, 0.25) is 0 Å². The largest absolute Gasteiger partial charge is 0.317 e. The van der Waals surface area contributed by atoms with Crippen LogP contribution in [0.2, 0.25) is 0 Å². The molecule has 0 saturated carbocycles. The summed E-state index contributed by atoms with van der Waals surface area (Å²) in [7, 11) is 0. The third-order valence-corrected chi connectivity index (χ3v) is 5.13. The number of hydrazone groups is 1. The van der Waals surface area contributed by atoms with Gasteiger partial charge in [-0.05, 0) is 42.8 Å². The van der Waals surface area contributed by atoms with E-state index >= 15 is 0 Å². The molecule has 0 aliphatic rings. The van der Waals surface area contributed by atoms with Crippen LogP contribution < -0.4 is 16.3 Å². The molecule has 8 nitrogen and oxygen atoms in total. The number of hydrogen-bond acceptors (Lipinski definition) is 4. The van der Waals surface area contributed by atoms with Crippen molar-refractivity contribution in [2.24, 2.45) is 5.10 Å². The summed E-state index contributed by atoms with van der Waals surface area (Å²) in [6.45, 7) is 1.74. The SMILES string of the molecule is Cc1[nH]n(-c2ccccc2)c(=O)c1C=NNC(=O)C(=Cc1ccccc1)NC(=O)c1ccccc1. The van der Waals surface area contributed by atoms with E-state index in [0.29, 0.717) is 22.5 Å². The molecule has 174 valence electrons. The Morgan fingerprint density at radius 2 is 1.49 bits per heavy atom. The molecule has 0 spiro atoms. The number of carbonyl (C=O) groups is 2. The summed E-state index contributed by atoms with van der Waals surface area (Å²) >= 11 is 0. The van der Waals surface area contributed by atoms with Crippen LogP contribution in [-0.2, 0) is 4.79 Å². The number of carbonyl (C=O) groups excluding carboxylic acids is 2. The smallest absolute Gasteiger partial charge is 0.287 e. The number of aryl methyl sites for hydroxylation is 1. The van der Waals surface area contributed by atoms with Crippen molar-refractivity contribution in [2.75, 3.05) is 0 Å². The van der Waals surface area contributed by atoms with E-state index in [9.17, 15) is 14.4 Å². The minimum absolute atomic E-state index is 0.00897. The summed E-state index contributed by atoms with van der Waals surface area (Å²) in [5, 5.41) is 9.60. The summed E-state index contributed by atoms with van der Waals surface area (Å²) < 4.78 is 1.40. The quantitative estimate of drug-likeness (QED) is 0.221. The molecule has 4 aromatic rings. The second-order valence-corrected chi connectivity index (χ2v) is 7.61. The van der Waals surface area contributed by atoms with Gasteiger partial charge in [-0.3, -0.25) is 19.5 Å². The Morgan fingerprint density at radius 3 is 2.14 bits per heavy atom. The van der Waals surface area contributed by atoms with E-state index in [1.807, 2.05) is 36.4 Å². The number of H-pyrrole nitrogens is 1. The molecule has 0 unspecified atom stereocenters. The van der Waals surface area contributed by atoms with Crippen LogP contribution in [0, 0.1) is 6.92 Å². The number of aromatic nitrogens is 2. The lowest BCUT2D eigenvalue weighted by molar-refractivity contribution is -0.117. The Labute approximate surface area is 201 Å². The first kappa shape index (κ1) is 23.2. The number of nitrogens with one attached hydrogen (secondary N) is 3. The first-order valence-electron chi connectivity index (χ1n) is 10.9. The molecule has 3 N–H and O–H groups in total. The highest BCUT2D eigenvalue weighted by Gasteiger charge is 2.15. The van der Waals surface area contributed by atoms with Crippen molar-refractivity contribution in [3.8, 4) is 5.69 Å². The topological polar surface area (TPSA) is 108 Å². The fourth-order valence-electron chi connectivity index (χ4n) is 3.34. The fourth-order valence-corrected chi connectivity index (χ4v) is 3.34. The van der Waals surface area contributed by atoms with Gasteiger partial charge in [-0.25, -0.2) is 10.1 Å². The van der Waals surface area contributed by atoms with Gasteiger partial charge in [-0.2, -0.15) is 5.10 Å². The number of hydrogen-bond donors (Lipinski definition) is 3. The summed E-state index contributed by atoms with van der Waals surface area (Å²) in [6.07, 6.45) is 2.83. The first-order valence-corrected chi connectivity index (χ1v) is 10.9. The molecule has 0 atom stereocenters. The highest BCUT2D eigenvalue weighted by Crippen LogP contribution is 2.08. The molecule has 2 amide bonds. The monoisotopic (exact) mass is 465 g/mol. The Hall–Kier alpha value is -4.98. The van der Waals surface area contributed by atoms with Crippen molar-refractivity contribution in [3.05, 3.63) is 129 Å². The lowest BCUT2D eigenvalue weighted by Crippen LogP contribution is -2.33. The van der Waals surface area contributed by atoms with Gasteiger partial charge in [-0.1, -0.05) is 66.7 Å². The number of nitrogens with zero attached hydrogens (tertiary/aromatic N) is 2. The number of para-hydroxylation sites is 1. The molecule has 4 rings (SSSR count). The Balaban J connectivity index is 1.54. The molecular weight excluding hydrogens is 442 g/mol. The summed E-state index contributed by atoms with van der Waals surface area (Å²) in [4.78, 5) is 38.4. The van der Waals surface area contributed by atoms with E-state index in [1.54, 1.807) is 67.6 Å². The third kappa shape index (κ3) is 5.69. The van der Waals surface area contributed by atoms with Crippen LogP contribution >= 0.6 is 0 Å². The molecule has 0 aliphatic carbocycles. The zero-order valence-electron chi connectivity index (χ0n) is 18.9. The maximum Gasteiger partial charge on any atom is 0.287 e. The molecule has 0 aliphatic heterocycles. The van der Waals surface area contributed by atoms with Crippen LogP contribution in [0.15, 0.2) is 107 Å². The standard InChI is InChI=1S/C27H23N5O3/c1-19-23(27(35)32(31-19)22-15-9-4-10-16-22)18-28-30-26(34)24(17-20-11-5-2-6-12-20)29-25(33)21-13-7-3-8-14-21/h2-18,31H,1H3,(H,29,33)(H,30,34). The van der Waals surface area contributed by atoms with Gasteiger partial charge in [-0.15, -0.1) is 0 Å². The van der Waals surface area contributed by atoms with E-state index in [-0.39, 0.29) is 11.3 Å². The maximum absolute atomic E-state index is 12.9. The first-order chi connectivity index (χ1) is 17.0. The van der Waals surface area contributed by atoms with Gasteiger partial charge in [0.05, 0.1) is 17.5 Å². The van der Waals surface area contributed by atoms with E-state index in [1.165, 1.54) is 10.9 Å². The molecule has 8 heteroatoms. The number of rotatable bonds is 7. The van der Waals surface area contributed by atoms with Gasteiger partial charge in [0.15, 0.2) is 0 Å². The predicted octanol–water partition coefficient (Wildman–Crippen LogP) is 3.40. The zero-order valence-corrected chi connectivity index (χ0v) is 18.9. The van der Waals surface area contributed by atoms with Crippen molar-refractivity contribution in [2.45, 2.75) is 6.92 Å². The molecule has 0 fully saturated rings. The minimum Gasteiger partial charge on any atom is -0.317 e. The normalized spacial score (nSPS) is 11.4. The zero-order chi connectivity index (χ0) is 24.6. The Morgan fingerprint density at radius 1 is 0.886 bits per heavy atom. The average molecular weight is 466 g/mol. The maximum atomic E-state index is 12.9. The molecular formula is C27H23N5O3. The van der Waals surface area contributed by atoms with Gasteiger partial charge >= 0.3 is 0 Å². The van der Waals surface area contributed by atoms with Crippen LogP contribution in [-0.4, -0.2) is 27.8 Å². The van der Waals surface area contributed by atoms with E-state index < -0.39 is 11.8 Å². The average Bonchev–Trinajstić information content (AvgIpc) is 3.18. The van der Waals surface area contributed by atoms with E-state index in [4.69, 9.17) is 0 Å². The predicted molar refractivity (Wildman–Crippen MR) is 135 cm³/mol. The molecule has 35 heavy (non-hydrogen) atoms. The number of aromatic amines is 1. The van der Waals surface area contributed by atoms with E-state index in [0.717, 1.165) is 5.56 Å². The summed E-state index contributed by atoms with van der Waals surface area (Å²) in [6, 6.07) is 26.8. The molecule has 0 bridgehead atoms. The van der Waals surface area contributed by atoms with Crippen molar-refractivity contribution in [1.82, 2.24) is 20.5 Å². The molecule has 3 aromatic carbocycles. The number of amides is 2. The fraction of sp³-hybridized carbons (Fsp3) is 0.0370. The van der Waals surface area contributed by atoms with Gasteiger partial charge < -0.3 is 5.32 Å². The molecule has 1 aromatic heterocycles. The second-order valence-electron chi connectivity index (χ2n) is 7.61. The van der Waals surface area contributed by atoms with Crippen molar-refractivity contribution in [1.29, 1.82) is 0 Å². The number of benzene rings is 3. The molecule has 0 radical (unpaired) electrons. The summed E-state index contributed by atoms with van der Waals surface area (Å²) in [5.74, 6) is -1.06. The van der Waals surface area contributed by atoms with Gasteiger partial charge in [0.25, 0.3) is 17.4 Å². The Kier molecular flexibility index (Phi) is 7.13. The third-order valence-electron chi connectivity index (χ3n) is 5.13. The van der Waals surface area contributed by atoms with Crippen molar-refractivity contribution < 1.29 is 9.59 Å². The molecule has 0 saturated heterocycles. The lowest BCUT2D eigenvalue weighted by Gasteiger charge is -2.09. The van der Waals surface area contributed by atoms with Crippen LogP contribution in [0.3, 0.4) is 0 Å². The summed E-state index contributed by atoms with van der Waals surface area (Å²) in [5.41, 5.74) is 4.81. The van der Waals surface area contributed by atoms with Crippen LogP contribution in [0.1, 0.15) is 27.2 Å². The highest BCUT2D eigenvalue weighted by molar-refractivity contribution is 6.05. The van der Waals surface area contributed by atoms with Crippen LogP contribution in [0.4, 0.5) is 0 Å². The minimum atomic E-state index is -0.633. The van der Waals surface area contributed by atoms with E-state index in [2.05, 4.69) is 20.9 Å². The van der Waals surface area contributed by atoms with Crippen molar-refractivity contribution >= 4 is 24.1 Å². The molecule has 1 heterocycles. The highest BCUT2D eigenvalue weighted by atomic mass is 16.2. The second kappa shape index (κ2) is 10.8. The van der Waals surface area contributed by atoms with Gasteiger partial charge in [0.1, 0.15) is 5.70 Å². The van der Waals surface area contributed by atoms with Crippen LogP contribution in [0.5, 0.6) is 0 Å².